The summed E-state index contributed by atoms with van der Waals surface area (Å²) >= 11 is 0. The van der Waals surface area contributed by atoms with Crippen LogP contribution < -0.4 is 5.32 Å². The van der Waals surface area contributed by atoms with Crippen molar-refractivity contribution in [2.45, 2.75) is 32.2 Å². The van der Waals surface area contributed by atoms with Crippen molar-refractivity contribution in [1.82, 2.24) is 20.0 Å². The number of hydrogen-bond acceptors (Lipinski definition) is 6. The molecule has 1 atom stereocenters. The van der Waals surface area contributed by atoms with E-state index in [1.165, 1.54) is 0 Å². The zero-order valence-corrected chi connectivity index (χ0v) is 12.7. The molecule has 1 amide bonds. The highest BCUT2D eigenvalue weighted by atomic mass is 16.5. The molecule has 22 heavy (non-hydrogen) atoms. The highest BCUT2D eigenvalue weighted by molar-refractivity contribution is 5.92. The Morgan fingerprint density at radius 2 is 2.36 bits per heavy atom. The van der Waals surface area contributed by atoms with Gasteiger partial charge in [-0.05, 0) is 12.8 Å². The maximum absolute atomic E-state index is 12.7. The Morgan fingerprint density at radius 1 is 1.50 bits per heavy atom. The van der Waals surface area contributed by atoms with Crippen molar-refractivity contribution in [3.8, 4) is 0 Å². The minimum atomic E-state index is -0.109. The molecule has 1 N–H and O–H groups in total. The van der Waals surface area contributed by atoms with Gasteiger partial charge in [0.15, 0.2) is 5.69 Å². The second-order valence-corrected chi connectivity index (χ2v) is 5.27. The topological polar surface area (TPSA) is 84.2 Å². The van der Waals surface area contributed by atoms with Crippen LogP contribution >= 0.6 is 0 Å². The van der Waals surface area contributed by atoms with Crippen molar-refractivity contribution in [3.63, 3.8) is 0 Å². The normalized spacial score (nSPS) is 17.7. The standard InChI is InChI=1S/C15H19N5O2/c1-3-10-7-11(19-22-10)15(21)20-6-4-5-13(20)12-8-17-9-14(16-2)18-12/h7-9,13H,3-6H2,1-2H3,(H,16,18)/t13-/m0/s1. The monoisotopic (exact) mass is 301 g/mol. The number of rotatable bonds is 4. The average Bonchev–Trinajstić information content (AvgIpc) is 3.23. The van der Waals surface area contributed by atoms with Crippen LogP contribution in [0.4, 0.5) is 5.82 Å². The molecule has 0 aromatic carbocycles. The lowest BCUT2D eigenvalue weighted by Crippen LogP contribution is -2.31. The Morgan fingerprint density at radius 3 is 3.09 bits per heavy atom. The van der Waals surface area contributed by atoms with E-state index in [9.17, 15) is 4.79 Å². The number of aryl methyl sites for hydroxylation is 1. The molecule has 116 valence electrons. The van der Waals surface area contributed by atoms with Gasteiger partial charge in [0.25, 0.3) is 5.91 Å². The van der Waals surface area contributed by atoms with Crippen molar-refractivity contribution in [1.29, 1.82) is 0 Å². The third-order valence-corrected chi connectivity index (χ3v) is 3.89. The summed E-state index contributed by atoms with van der Waals surface area (Å²) in [6, 6.07) is 1.66. The molecule has 1 aliphatic rings. The Balaban J connectivity index is 1.84. The molecule has 1 aliphatic heterocycles. The van der Waals surface area contributed by atoms with Gasteiger partial charge in [-0.15, -0.1) is 0 Å². The summed E-state index contributed by atoms with van der Waals surface area (Å²) in [5.41, 5.74) is 1.17. The van der Waals surface area contributed by atoms with Crippen molar-refractivity contribution in [2.24, 2.45) is 0 Å². The summed E-state index contributed by atoms with van der Waals surface area (Å²) in [6.07, 6.45) is 5.93. The number of anilines is 1. The van der Waals surface area contributed by atoms with E-state index in [0.29, 0.717) is 18.1 Å². The molecule has 1 saturated heterocycles. The lowest BCUT2D eigenvalue weighted by molar-refractivity contribution is 0.0722. The number of nitrogens with zero attached hydrogens (tertiary/aromatic N) is 4. The van der Waals surface area contributed by atoms with Gasteiger partial charge in [0.05, 0.1) is 24.1 Å². The van der Waals surface area contributed by atoms with E-state index >= 15 is 0 Å². The molecule has 0 unspecified atom stereocenters. The molecule has 3 heterocycles. The van der Waals surface area contributed by atoms with Crippen LogP contribution in [0.15, 0.2) is 23.0 Å². The fourth-order valence-corrected chi connectivity index (χ4v) is 2.71. The van der Waals surface area contributed by atoms with E-state index in [1.807, 2.05) is 6.92 Å². The molecule has 0 saturated carbocycles. The van der Waals surface area contributed by atoms with Gasteiger partial charge in [0.2, 0.25) is 0 Å². The van der Waals surface area contributed by atoms with Crippen molar-refractivity contribution < 1.29 is 9.32 Å². The number of likely N-dealkylation sites (tertiary alicyclic amines) is 1. The van der Waals surface area contributed by atoms with E-state index in [0.717, 1.165) is 30.7 Å². The first-order valence-corrected chi connectivity index (χ1v) is 7.49. The average molecular weight is 301 g/mol. The number of carbonyl (C=O) groups is 1. The van der Waals surface area contributed by atoms with Gasteiger partial charge in [0.1, 0.15) is 11.6 Å². The third kappa shape index (κ3) is 2.66. The SMILES string of the molecule is CCc1cc(C(=O)N2CCC[C@H]2c2cncc(NC)n2)no1. The fraction of sp³-hybridized carbons (Fsp3) is 0.467. The quantitative estimate of drug-likeness (QED) is 0.930. The molecule has 3 rings (SSSR count). The second-order valence-electron chi connectivity index (χ2n) is 5.27. The maximum Gasteiger partial charge on any atom is 0.276 e. The smallest absolute Gasteiger partial charge is 0.276 e. The molecule has 7 heteroatoms. The van der Waals surface area contributed by atoms with E-state index in [2.05, 4.69) is 20.4 Å². The molecule has 0 aliphatic carbocycles. The summed E-state index contributed by atoms with van der Waals surface area (Å²) in [5, 5.41) is 6.85. The summed E-state index contributed by atoms with van der Waals surface area (Å²) in [7, 11) is 1.80. The Hall–Kier alpha value is -2.44. The van der Waals surface area contributed by atoms with Crippen LogP contribution in [0.25, 0.3) is 0 Å². The zero-order chi connectivity index (χ0) is 15.5. The molecule has 0 bridgehead atoms. The van der Waals surface area contributed by atoms with E-state index in [4.69, 9.17) is 4.52 Å². The molecule has 0 spiro atoms. The summed E-state index contributed by atoms with van der Waals surface area (Å²) < 4.78 is 5.14. The molecule has 1 fully saturated rings. The summed E-state index contributed by atoms with van der Waals surface area (Å²) in [6.45, 7) is 2.66. The zero-order valence-electron chi connectivity index (χ0n) is 12.7. The van der Waals surface area contributed by atoms with Gasteiger partial charge in [0, 0.05) is 26.1 Å². The first-order chi connectivity index (χ1) is 10.7. The predicted octanol–water partition coefficient (Wildman–Crippen LogP) is 2.05. The summed E-state index contributed by atoms with van der Waals surface area (Å²) in [4.78, 5) is 23.2. The largest absolute Gasteiger partial charge is 0.372 e. The highest BCUT2D eigenvalue weighted by Gasteiger charge is 2.33. The van der Waals surface area contributed by atoms with Crippen molar-refractivity contribution in [2.75, 3.05) is 18.9 Å². The first kappa shape index (κ1) is 14.5. The Kier molecular flexibility index (Phi) is 4.04. The van der Waals surface area contributed by atoms with Crippen LogP contribution in [-0.4, -0.2) is 39.5 Å². The molecule has 0 radical (unpaired) electrons. The molecule has 7 nitrogen and oxygen atoms in total. The van der Waals surface area contributed by atoms with Crippen LogP contribution in [-0.2, 0) is 6.42 Å². The minimum Gasteiger partial charge on any atom is -0.372 e. The van der Waals surface area contributed by atoms with Gasteiger partial charge < -0.3 is 14.7 Å². The molecular weight excluding hydrogens is 282 g/mol. The second kappa shape index (κ2) is 6.13. The van der Waals surface area contributed by atoms with Gasteiger partial charge in [-0.2, -0.15) is 0 Å². The van der Waals surface area contributed by atoms with Crippen LogP contribution in [0.1, 0.15) is 47.7 Å². The van der Waals surface area contributed by atoms with Gasteiger partial charge in [-0.3, -0.25) is 9.78 Å². The number of amides is 1. The number of hydrogen-bond donors (Lipinski definition) is 1. The van der Waals surface area contributed by atoms with E-state index in [-0.39, 0.29) is 11.9 Å². The first-order valence-electron chi connectivity index (χ1n) is 7.49. The lowest BCUT2D eigenvalue weighted by Gasteiger charge is -2.23. The van der Waals surface area contributed by atoms with E-state index in [1.54, 1.807) is 30.4 Å². The predicted molar refractivity (Wildman–Crippen MR) is 80.5 cm³/mol. The van der Waals surface area contributed by atoms with Gasteiger partial charge in [-0.1, -0.05) is 12.1 Å². The van der Waals surface area contributed by atoms with Gasteiger partial charge in [-0.25, -0.2) is 4.98 Å². The van der Waals surface area contributed by atoms with Crippen LogP contribution in [0, 0.1) is 0 Å². The molecule has 2 aromatic heterocycles. The maximum atomic E-state index is 12.7. The summed E-state index contributed by atoms with van der Waals surface area (Å²) in [5.74, 6) is 1.31. The Bertz CT molecular complexity index is 669. The van der Waals surface area contributed by atoms with Crippen LogP contribution in [0.2, 0.25) is 0 Å². The van der Waals surface area contributed by atoms with E-state index < -0.39 is 0 Å². The van der Waals surface area contributed by atoms with Crippen molar-refractivity contribution >= 4 is 11.7 Å². The van der Waals surface area contributed by atoms with Crippen molar-refractivity contribution in [3.05, 3.63) is 35.6 Å². The minimum absolute atomic E-state index is 0.0601. The lowest BCUT2D eigenvalue weighted by atomic mass is 10.1. The van der Waals surface area contributed by atoms with Crippen LogP contribution in [0.5, 0.6) is 0 Å². The number of nitrogens with one attached hydrogen (secondary N) is 1. The van der Waals surface area contributed by atoms with Gasteiger partial charge >= 0.3 is 0 Å². The van der Waals surface area contributed by atoms with Crippen LogP contribution in [0.3, 0.4) is 0 Å². The Labute approximate surface area is 128 Å². The third-order valence-electron chi connectivity index (χ3n) is 3.89. The number of aromatic nitrogens is 3. The molecular formula is C15H19N5O2. The molecule has 2 aromatic rings. The fourth-order valence-electron chi connectivity index (χ4n) is 2.71. The number of carbonyl (C=O) groups excluding carboxylic acids is 1. The highest BCUT2D eigenvalue weighted by Crippen LogP contribution is 2.32.